The second-order valence-corrected chi connectivity index (χ2v) is 1.77. The maximum Gasteiger partial charge on any atom is 0.0570 e. The molecule has 0 aliphatic rings. The van der Waals surface area contributed by atoms with E-state index in [9.17, 15) is 0 Å². The first-order valence-corrected chi connectivity index (χ1v) is 2.89. The van der Waals surface area contributed by atoms with Gasteiger partial charge in [0, 0.05) is 6.61 Å². The second kappa shape index (κ2) is 5.06. The highest BCUT2D eigenvalue weighted by Crippen LogP contribution is 1.97. The van der Waals surface area contributed by atoms with Crippen molar-refractivity contribution in [2.75, 3.05) is 6.61 Å². The van der Waals surface area contributed by atoms with Crippen LogP contribution in [0.4, 0.5) is 0 Å². The van der Waals surface area contributed by atoms with Gasteiger partial charge in [-0.2, -0.15) is 0 Å². The number of aliphatic hydroxyl groups is 2. The van der Waals surface area contributed by atoms with E-state index < -0.39 is 0 Å². The Morgan fingerprint density at radius 2 is 2.25 bits per heavy atom. The molecule has 0 aromatic carbocycles. The van der Waals surface area contributed by atoms with Gasteiger partial charge in [-0.15, -0.1) is 0 Å². The van der Waals surface area contributed by atoms with Crippen LogP contribution in [-0.4, -0.2) is 22.9 Å². The Morgan fingerprint density at radius 1 is 1.62 bits per heavy atom. The standard InChI is InChI=1S/C6H13O2/c1-2-6(8)4-3-5-7/h2,6-8H,3-5H2,1H3. The third kappa shape index (κ3) is 4.09. The van der Waals surface area contributed by atoms with Crippen molar-refractivity contribution >= 4 is 0 Å². The Bertz CT molecular complexity index is 45.8. The van der Waals surface area contributed by atoms with Gasteiger partial charge in [-0.25, -0.2) is 0 Å². The van der Waals surface area contributed by atoms with Gasteiger partial charge in [-0.1, -0.05) is 6.92 Å². The van der Waals surface area contributed by atoms with Crippen LogP contribution in [0.5, 0.6) is 0 Å². The highest BCUT2D eigenvalue weighted by molar-refractivity contribution is 4.68. The van der Waals surface area contributed by atoms with Crippen molar-refractivity contribution in [2.24, 2.45) is 0 Å². The zero-order valence-electron chi connectivity index (χ0n) is 5.17. The smallest absolute Gasteiger partial charge is 0.0570 e. The van der Waals surface area contributed by atoms with Crippen LogP contribution in [-0.2, 0) is 0 Å². The van der Waals surface area contributed by atoms with E-state index in [0.29, 0.717) is 12.8 Å². The van der Waals surface area contributed by atoms with Crippen molar-refractivity contribution in [1.82, 2.24) is 0 Å². The quantitative estimate of drug-likeness (QED) is 0.557. The lowest BCUT2D eigenvalue weighted by Crippen LogP contribution is -2.05. The summed E-state index contributed by atoms with van der Waals surface area (Å²) in [6, 6.07) is 0. The predicted octanol–water partition coefficient (Wildman–Crippen LogP) is 0.344. The lowest BCUT2D eigenvalue weighted by atomic mass is 10.2. The fourth-order valence-corrected chi connectivity index (χ4v) is 0.467. The molecule has 0 rings (SSSR count). The molecule has 8 heavy (non-hydrogen) atoms. The minimum Gasteiger partial charge on any atom is -0.396 e. The molecule has 1 atom stereocenters. The van der Waals surface area contributed by atoms with Crippen molar-refractivity contribution in [3.05, 3.63) is 6.42 Å². The summed E-state index contributed by atoms with van der Waals surface area (Å²) in [6.07, 6.45) is 2.75. The largest absolute Gasteiger partial charge is 0.396 e. The number of hydrogen-bond donors (Lipinski definition) is 2. The average molecular weight is 117 g/mol. The molecule has 0 heterocycles. The first kappa shape index (κ1) is 7.92. The Balaban J connectivity index is 2.86. The molecule has 0 aliphatic carbocycles. The van der Waals surface area contributed by atoms with Gasteiger partial charge in [-0.05, 0) is 19.3 Å². The van der Waals surface area contributed by atoms with Gasteiger partial charge >= 0.3 is 0 Å². The Hall–Kier alpha value is -0.0800. The van der Waals surface area contributed by atoms with E-state index in [1.807, 2.05) is 6.92 Å². The number of aliphatic hydroxyl groups excluding tert-OH is 2. The van der Waals surface area contributed by atoms with Gasteiger partial charge < -0.3 is 10.2 Å². The average Bonchev–Trinajstić information content (AvgIpc) is 1.83. The topological polar surface area (TPSA) is 40.5 Å². The Morgan fingerprint density at radius 3 is 2.62 bits per heavy atom. The molecular formula is C6H13O2. The van der Waals surface area contributed by atoms with Gasteiger partial charge in [0.2, 0.25) is 0 Å². The minimum absolute atomic E-state index is 0.172. The SMILES string of the molecule is C[CH]C(O)CCCO. The van der Waals surface area contributed by atoms with Crippen LogP contribution in [0.2, 0.25) is 0 Å². The zero-order chi connectivity index (χ0) is 6.41. The molecular weight excluding hydrogens is 104 g/mol. The van der Waals surface area contributed by atoms with Crippen molar-refractivity contribution in [3.8, 4) is 0 Å². The first-order valence-electron chi connectivity index (χ1n) is 2.89. The van der Waals surface area contributed by atoms with Crippen molar-refractivity contribution in [1.29, 1.82) is 0 Å². The fourth-order valence-electron chi connectivity index (χ4n) is 0.467. The van der Waals surface area contributed by atoms with Crippen molar-refractivity contribution < 1.29 is 10.2 Å². The number of rotatable bonds is 4. The Labute approximate surface area is 50.2 Å². The summed E-state index contributed by atoms with van der Waals surface area (Å²) in [4.78, 5) is 0. The highest BCUT2D eigenvalue weighted by atomic mass is 16.3. The van der Waals surface area contributed by atoms with E-state index in [-0.39, 0.29) is 12.7 Å². The predicted molar refractivity (Wildman–Crippen MR) is 32.3 cm³/mol. The van der Waals surface area contributed by atoms with Crippen LogP contribution in [0.3, 0.4) is 0 Å². The summed E-state index contributed by atoms with van der Waals surface area (Å²) >= 11 is 0. The molecule has 0 aromatic rings. The van der Waals surface area contributed by atoms with Crippen LogP contribution < -0.4 is 0 Å². The monoisotopic (exact) mass is 117 g/mol. The van der Waals surface area contributed by atoms with E-state index in [0.717, 1.165) is 0 Å². The van der Waals surface area contributed by atoms with Crippen molar-refractivity contribution in [2.45, 2.75) is 25.9 Å². The molecule has 49 valence electrons. The van der Waals surface area contributed by atoms with Crippen LogP contribution in [0, 0.1) is 6.42 Å². The summed E-state index contributed by atoms with van der Waals surface area (Å²) in [5.41, 5.74) is 0. The van der Waals surface area contributed by atoms with Crippen LogP contribution in [0.1, 0.15) is 19.8 Å². The molecule has 1 radical (unpaired) electrons. The molecule has 0 fully saturated rings. The van der Waals surface area contributed by atoms with E-state index in [1.54, 1.807) is 6.42 Å². The van der Waals surface area contributed by atoms with E-state index in [4.69, 9.17) is 10.2 Å². The van der Waals surface area contributed by atoms with E-state index in [1.165, 1.54) is 0 Å². The fraction of sp³-hybridized carbons (Fsp3) is 0.833. The molecule has 2 N–H and O–H groups in total. The molecule has 0 spiro atoms. The van der Waals surface area contributed by atoms with Gasteiger partial charge in [0.25, 0.3) is 0 Å². The molecule has 0 aliphatic heterocycles. The Kier molecular flexibility index (Phi) is 5.01. The van der Waals surface area contributed by atoms with Gasteiger partial charge in [-0.3, -0.25) is 0 Å². The summed E-state index contributed by atoms with van der Waals surface area (Å²) in [6.45, 7) is 1.98. The third-order valence-electron chi connectivity index (χ3n) is 1.04. The molecule has 0 saturated carbocycles. The molecule has 0 saturated heterocycles. The molecule has 2 heteroatoms. The summed E-state index contributed by atoms with van der Waals surface area (Å²) in [7, 11) is 0. The maximum absolute atomic E-state index is 8.82. The lowest BCUT2D eigenvalue weighted by molar-refractivity contribution is 0.177. The minimum atomic E-state index is -0.331. The maximum atomic E-state index is 8.82. The highest BCUT2D eigenvalue weighted by Gasteiger charge is 1.97. The van der Waals surface area contributed by atoms with Crippen molar-refractivity contribution in [3.63, 3.8) is 0 Å². The van der Waals surface area contributed by atoms with Crippen LogP contribution in [0.15, 0.2) is 0 Å². The number of hydrogen-bond acceptors (Lipinski definition) is 2. The van der Waals surface area contributed by atoms with Gasteiger partial charge in [0.1, 0.15) is 0 Å². The second-order valence-electron chi connectivity index (χ2n) is 1.77. The molecule has 0 bridgehead atoms. The molecule has 0 amide bonds. The molecule has 2 nitrogen and oxygen atoms in total. The summed E-state index contributed by atoms with van der Waals surface area (Å²) in [5, 5.41) is 17.1. The lowest BCUT2D eigenvalue weighted by Gasteiger charge is -2.03. The summed E-state index contributed by atoms with van der Waals surface area (Å²) in [5.74, 6) is 0. The first-order chi connectivity index (χ1) is 3.81. The summed E-state index contributed by atoms with van der Waals surface area (Å²) < 4.78 is 0. The van der Waals surface area contributed by atoms with Crippen LogP contribution >= 0.6 is 0 Å². The van der Waals surface area contributed by atoms with Crippen LogP contribution in [0.25, 0.3) is 0 Å². The zero-order valence-corrected chi connectivity index (χ0v) is 5.17. The molecule has 1 unspecified atom stereocenters. The third-order valence-corrected chi connectivity index (χ3v) is 1.04. The van der Waals surface area contributed by atoms with E-state index >= 15 is 0 Å². The van der Waals surface area contributed by atoms with Gasteiger partial charge in [0.15, 0.2) is 0 Å². The van der Waals surface area contributed by atoms with Gasteiger partial charge in [0.05, 0.1) is 6.10 Å². The normalized spacial score (nSPS) is 13.9. The van der Waals surface area contributed by atoms with E-state index in [2.05, 4.69) is 0 Å². The molecule has 0 aromatic heterocycles.